The molecule has 1 saturated carbocycles. The Balaban J connectivity index is 1.88. The van der Waals surface area contributed by atoms with Gasteiger partial charge in [-0.3, -0.25) is 9.59 Å². The van der Waals surface area contributed by atoms with E-state index in [9.17, 15) is 9.59 Å². The summed E-state index contributed by atoms with van der Waals surface area (Å²) >= 11 is 0. The van der Waals surface area contributed by atoms with E-state index in [1.807, 2.05) is 13.8 Å². The van der Waals surface area contributed by atoms with Crippen molar-refractivity contribution in [3.05, 3.63) is 0 Å². The van der Waals surface area contributed by atoms with Crippen molar-refractivity contribution < 1.29 is 14.3 Å². The van der Waals surface area contributed by atoms with E-state index in [2.05, 4.69) is 5.32 Å². The van der Waals surface area contributed by atoms with Crippen LogP contribution in [0.5, 0.6) is 0 Å². The molecule has 4 unspecified atom stereocenters. The molecule has 3 rings (SSSR count). The summed E-state index contributed by atoms with van der Waals surface area (Å²) in [6, 6.07) is -0.450. The smallest absolute Gasteiger partial charge is 0.244 e. The molecule has 112 valence electrons. The summed E-state index contributed by atoms with van der Waals surface area (Å²) in [5, 5.41) is 2.77. The van der Waals surface area contributed by atoms with Crippen molar-refractivity contribution in [1.82, 2.24) is 10.2 Å². The highest BCUT2D eigenvalue weighted by atomic mass is 16.5. The average molecular weight is 281 g/mol. The average Bonchev–Trinajstić information content (AvgIpc) is 2.88. The van der Waals surface area contributed by atoms with Crippen LogP contribution >= 0.6 is 0 Å². The molecule has 3 fully saturated rings. The van der Waals surface area contributed by atoms with Crippen LogP contribution in [-0.4, -0.2) is 54.1 Å². The Kier molecular flexibility index (Phi) is 2.89. The predicted molar refractivity (Wildman–Crippen MR) is 72.7 cm³/mol. The highest BCUT2D eigenvalue weighted by Crippen LogP contribution is 2.58. The van der Waals surface area contributed by atoms with Gasteiger partial charge in [0.15, 0.2) is 0 Å². The Bertz CT molecular complexity index is 465. The molecule has 0 bridgehead atoms. The van der Waals surface area contributed by atoms with E-state index in [-0.39, 0.29) is 29.3 Å². The number of hydrogen-bond acceptors (Lipinski definition) is 4. The highest BCUT2D eigenvalue weighted by molar-refractivity contribution is 5.94. The molecule has 20 heavy (non-hydrogen) atoms. The van der Waals surface area contributed by atoms with E-state index in [0.29, 0.717) is 19.7 Å². The van der Waals surface area contributed by atoms with Gasteiger partial charge in [-0.1, -0.05) is 13.8 Å². The van der Waals surface area contributed by atoms with Crippen LogP contribution in [0.4, 0.5) is 0 Å². The van der Waals surface area contributed by atoms with Gasteiger partial charge in [-0.25, -0.2) is 0 Å². The molecule has 0 aromatic rings. The van der Waals surface area contributed by atoms with E-state index < -0.39 is 11.6 Å². The van der Waals surface area contributed by atoms with E-state index in [0.717, 1.165) is 6.42 Å². The van der Waals surface area contributed by atoms with Crippen LogP contribution in [0.1, 0.15) is 27.2 Å². The molecule has 2 heterocycles. The zero-order valence-electron chi connectivity index (χ0n) is 12.3. The van der Waals surface area contributed by atoms with Crippen LogP contribution in [0, 0.1) is 11.3 Å². The van der Waals surface area contributed by atoms with Crippen molar-refractivity contribution >= 4 is 11.8 Å². The number of hydrogen-bond donors (Lipinski definition) is 2. The van der Waals surface area contributed by atoms with Gasteiger partial charge >= 0.3 is 0 Å². The number of rotatable bonds is 1. The van der Waals surface area contributed by atoms with Gasteiger partial charge in [0, 0.05) is 31.0 Å². The van der Waals surface area contributed by atoms with Gasteiger partial charge in [0.2, 0.25) is 11.8 Å². The molecule has 1 aliphatic carbocycles. The number of carbonyl (C=O) groups excluding carboxylic acids is 2. The lowest BCUT2D eigenvalue weighted by molar-refractivity contribution is -0.187. The maximum atomic E-state index is 13.0. The van der Waals surface area contributed by atoms with Crippen LogP contribution in [-0.2, 0) is 14.3 Å². The van der Waals surface area contributed by atoms with Crippen LogP contribution < -0.4 is 11.1 Å². The molecule has 6 heteroatoms. The van der Waals surface area contributed by atoms with Gasteiger partial charge < -0.3 is 20.7 Å². The fraction of sp³-hybridized carbons (Fsp3) is 0.857. The van der Waals surface area contributed by atoms with Gasteiger partial charge in [0.1, 0.15) is 11.6 Å². The predicted octanol–water partition coefficient (Wildman–Crippen LogP) is -0.524. The van der Waals surface area contributed by atoms with Crippen molar-refractivity contribution in [3.8, 4) is 0 Å². The van der Waals surface area contributed by atoms with Gasteiger partial charge in [0.05, 0.1) is 6.10 Å². The third-order valence-electron chi connectivity index (χ3n) is 5.57. The lowest BCUT2D eigenvalue weighted by Crippen LogP contribution is -2.81. The van der Waals surface area contributed by atoms with Crippen molar-refractivity contribution in [2.24, 2.45) is 17.1 Å². The van der Waals surface area contributed by atoms with Gasteiger partial charge in [-0.15, -0.1) is 0 Å². The molecule has 0 aromatic carbocycles. The first kappa shape index (κ1) is 13.8. The van der Waals surface area contributed by atoms with Crippen LogP contribution in [0.15, 0.2) is 0 Å². The first-order valence-corrected chi connectivity index (χ1v) is 7.31. The summed E-state index contributed by atoms with van der Waals surface area (Å²) in [5.41, 5.74) is 5.24. The minimum atomic E-state index is -0.917. The largest absolute Gasteiger partial charge is 0.377 e. The summed E-state index contributed by atoms with van der Waals surface area (Å²) in [6.07, 6.45) is 0.885. The van der Waals surface area contributed by atoms with Crippen molar-refractivity contribution in [2.45, 2.75) is 44.9 Å². The number of carbonyl (C=O) groups is 2. The van der Waals surface area contributed by atoms with Crippen molar-refractivity contribution in [3.63, 3.8) is 0 Å². The van der Waals surface area contributed by atoms with Gasteiger partial charge in [0.25, 0.3) is 0 Å². The standard InChI is InChI=1S/C14H23N3O3/c1-8-11(18)16-5-6-17(8)12(19)14(15)9-4-7-20-10(9)13(14,2)3/h8-10H,4-7,15H2,1-3H3,(H,16,18). The van der Waals surface area contributed by atoms with E-state index in [1.165, 1.54) is 0 Å². The molecule has 2 amide bonds. The number of amides is 2. The molecule has 0 aromatic heterocycles. The number of fused-ring (bicyclic) bond motifs is 1. The third kappa shape index (κ3) is 1.46. The zero-order chi connectivity index (χ0) is 14.7. The Morgan fingerprint density at radius 1 is 1.50 bits per heavy atom. The van der Waals surface area contributed by atoms with Crippen LogP contribution in [0.3, 0.4) is 0 Å². The number of piperazine rings is 1. The topological polar surface area (TPSA) is 84.7 Å². The summed E-state index contributed by atoms with van der Waals surface area (Å²) in [4.78, 5) is 26.4. The molecular weight excluding hydrogens is 258 g/mol. The Hall–Kier alpha value is -1.14. The maximum absolute atomic E-state index is 13.0. The summed E-state index contributed by atoms with van der Waals surface area (Å²) in [5.74, 6) is -0.136. The van der Waals surface area contributed by atoms with Crippen molar-refractivity contribution in [2.75, 3.05) is 19.7 Å². The number of nitrogens with two attached hydrogens (primary N) is 1. The number of ether oxygens (including phenoxy) is 1. The van der Waals surface area contributed by atoms with Crippen LogP contribution in [0.2, 0.25) is 0 Å². The second-order valence-corrected chi connectivity index (χ2v) is 6.74. The van der Waals surface area contributed by atoms with E-state index in [4.69, 9.17) is 10.5 Å². The first-order valence-electron chi connectivity index (χ1n) is 7.31. The second kappa shape index (κ2) is 4.18. The lowest BCUT2D eigenvalue weighted by atomic mass is 9.47. The fourth-order valence-corrected chi connectivity index (χ4v) is 4.12. The minimum absolute atomic E-state index is 0.0605. The number of nitrogens with one attached hydrogen (secondary N) is 1. The molecule has 0 spiro atoms. The SMILES string of the molecule is CC1C(=O)NCCN1C(=O)C1(N)C2CCOC2C1(C)C. The molecule has 0 radical (unpaired) electrons. The normalized spacial score (nSPS) is 42.7. The number of nitrogens with zero attached hydrogens (tertiary/aromatic N) is 1. The zero-order valence-corrected chi connectivity index (χ0v) is 12.3. The minimum Gasteiger partial charge on any atom is -0.377 e. The monoisotopic (exact) mass is 281 g/mol. The molecule has 2 saturated heterocycles. The molecule has 6 nitrogen and oxygen atoms in total. The summed E-state index contributed by atoms with van der Waals surface area (Å²) in [7, 11) is 0. The summed E-state index contributed by atoms with van der Waals surface area (Å²) < 4.78 is 5.72. The van der Waals surface area contributed by atoms with E-state index in [1.54, 1.807) is 11.8 Å². The molecule has 4 atom stereocenters. The van der Waals surface area contributed by atoms with Crippen LogP contribution in [0.25, 0.3) is 0 Å². The fourth-order valence-electron chi connectivity index (χ4n) is 4.12. The van der Waals surface area contributed by atoms with Crippen molar-refractivity contribution in [1.29, 1.82) is 0 Å². The third-order valence-corrected chi connectivity index (χ3v) is 5.57. The molecular formula is C14H23N3O3. The Morgan fingerprint density at radius 2 is 2.20 bits per heavy atom. The molecule has 3 N–H and O–H groups in total. The molecule has 3 aliphatic rings. The maximum Gasteiger partial charge on any atom is 0.244 e. The van der Waals surface area contributed by atoms with Gasteiger partial charge in [-0.05, 0) is 13.3 Å². The summed E-state index contributed by atoms with van der Waals surface area (Å²) in [6.45, 7) is 7.43. The second-order valence-electron chi connectivity index (χ2n) is 6.74. The molecule has 2 aliphatic heterocycles. The highest BCUT2D eigenvalue weighted by Gasteiger charge is 2.72. The lowest BCUT2D eigenvalue weighted by Gasteiger charge is -2.62. The Morgan fingerprint density at radius 3 is 2.90 bits per heavy atom. The first-order chi connectivity index (χ1) is 9.31. The van der Waals surface area contributed by atoms with E-state index >= 15 is 0 Å². The van der Waals surface area contributed by atoms with Gasteiger partial charge in [-0.2, -0.15) is 0 Å². The quantitative estimate of drug-likeness (QED) is 0.677. The Labute approximate surface area is 119 Å².